The van der Waals surface area contributed by atoms with Gasteiger partial charge in [-0.25, -0.2) is 9.97 Å². The first-order chi connectivity index (χ1) is 15.1. The van der Waals surface area contributed by atoms with E-state index in [1.54, 1.807) is 17.8 Å². The van der Waals surface area contributed by atoms with Crippen LogP contribution in [0.1, 0.15) is 33.1 Å². The number of halogens is 1. The minimum Gasteiger partial charge on any atom is -0.507 e. The van der Waals surface area contributed by atoms with E-state index in [2.05, 4.69) is 48.2 Å². The van der Waals surface area contributed by atoms with Gasteiger partial charge in [0.05, 0.1) is 16.6 Å². The number of nitrogens with one attached hydrogen (secondary N) is 2. The third-order valence-electron chi connectivity index (χ3n) is 4.50. The van der Waals surface area contributed by atoms with E-state index in [0.29, 0.717) is 16.7 Å². The molecule has 1 fully saturated rings. The zero-order valence-corrected chi connectivity index (χ0v) is 20.7. The number of aromatic nitrogens is 2. The molecular weight excluding hydrogens is 474 g/mol. The molecule has 1 aromatic heterocycles. The lowest BCUT2D eigenvalue weighted by Gasteiger charge is -2.11. The largest absolute Gasteiger partial charge is 0.507 e. The molecule has 6 nitrogen and oxygen atoms in total. The van der Waals surface area contributed by atoms with E-state index in [0.717, 1.165) is 20.7 Å². The van der Waals surface area contributed by atoms with E-state index in [1.165, 1.54) is 38.7 Å². The Kier molecular flexibility index (Phi) is 10.8. The zero-order chi connectivity index (χ0) is 22.6. The molecule has 1 aliphatic rings. The van der Waals surface area contributed by atoms with Gasteiger partial charge < -0.3 is 15.7 Å². The quantitative estimate of drug-likeness (QED) is 0.272. The van der Waals surface area contributed by atoms with Gasteiger partial charge in [-0.2, -0.15) is 0 Å². The summed E-state index contributed by atoms with van der Waals surface area (Å²) in [7, 11) is 0. The number of benzene rings is 2. The number of phenolic OH excluding ortho intramolecular Hbond substituents is 1. The van der Waals surface area contributed by atoms with Gasteiger partial charge in [0.25, 0.3) is 0 Å². The summed E-state index contributed by atoms with van der Waals surface area (Å²) < 4.78 is 0.762. The molecule has 0 bridgehead atoms. The second-order valence-corrected chi connectivity index (χ2v) is 8.29. The van der Waals surface area contributed by atoms with Crippen LogP contribution in [0, 0.1) is 0 Å². The number of nitrogens with zero attached hydrogens (tertiary/aromatic N) is 3. The molecule has 4 rings (SSSR count). The molecule has 2 heterocycles. The Hall–Kier alpha value is -2.16. The fraction of sp³-hybridized carbons (Fsp3) is 0.348. The lowest BCUT2D eigenvalue weighted by Crippen LogP contribution is -2.21. The van der Waals surface area contributed by atoms with E-state index < -0.39 is 0 Å². The molecule has 3 N–H and O–H groups in total. The van der Waals surface area contributed by atoms with Gasteiger partial charge >= 0.3 is 0 Å². The van der Waals surface area contributed by atoms with Gasteiger partial charge in [-0.05, 0) is 69.2 Å². The van der Waals surface area contributed by atoms with Gasteiger partial charge in [0.1, 0.15) is 17.9 Å². The average Bonchev–Trinajstić information content (AvgIpc) is 2.81. The molecule has 0 saturated carbocycles. The predicted octanol–water partition coefficient (Wildman–Crippen LogP) is 6.68. The van der Waals surface area contributed by atoms with Crippen molar-refractivity contribution in [1.29, 1.82) is 0 Å². The van der Waals surface area contributed by atoms with Crippen molar-refractivity contribution >= 4 is 62.5 Å². The molecule has 0 amide bonds. The van der Waals surface area contributed by atoms with Crippen LogP contribution in [0.3, 0.4) is 0 Å². The fourth-order valence-corrected chi connectivity index (χ4v) is 4.08. The molecule has 0 aliphatic carbocycles. The first-order valence-corrected chi connectivity index (χ1v) is 12.4. The van der Waals surface area contributed by atoms with Gasteiger partial charge in [-0.3, -0.25) is 4.99 Å². The molecule has 3 aromatic rings. The van der Waals surface area contributed by atoms with Crippen LogP contribution in [0.15, 0.2) is 51.0 Å². The van der Waals surface area contributed by atoms with E-state index in [9.17, 15) is 5.11 Å². The SMILES string of the molecule is C1CCNCC1.C=Nc1ccc(Nc2ncnc3cc(Br)cc(O)c23)cc1SC.CC. The number of phenols is 1. The van der Waals surface area contributed by atoms with Crippen molar-refractivity contribution < 1.29 is 5.11 Å². The topological polar surface area (TPSA) is 82.4 Å². The number of anilines is 2. The van der Waals surface area contributed by atoms with Crippen LogP contribution in [0.5, 0.6) is 5.75 Å². The van der Waals surface area contributed by atoms with E-state index in [-0.39, 0.29) is 5.75 Å². The van der Waals surface area contributed by atoms with Crippen LogP contribution in [-0.2, 0) is 0 Å². The Morgan fingerprint density at radius 3 is 2.45 bits per heavy atom. The summed E-state index contributed by atoms with van der Waals surface area (Å²) >= 11 is 4.94. The van der Waals surface area contributed by atoms with Gasteiger partial charge in [0.2, 0.25) is 0 Å². The number of rotatable bonds is 4. The summed E-state index contributed by atoms with van der Waals surface area (Å²) in [5.41, 5.74) is 2.34. The van der Waals surface area contributed by atoms with Crippen molar-refractivity contribution in [1.82, 2.24) is 15.3 Å². The Balaban J connectivity index is 0.000000363. The van der Waals surface area contributed by atoms with Crippen molar-refractivity contribution in [2.45, 2.75) is 38.0 Å². The summed E-state index contributed by atoms with van der Waals surface area (Å²) in [6.45, 7) is 10.1. The van der Waals surface area contributed by atoms with Gasteiger partial charge in [0, 0.05) is 15.1 Å². The maximum absolute atomic E-state index is 10.2. The standard InChI is InChI=1S/C16H13BrN4OS.C5H11N.C2H6/c1-18-11-4-3-10(7-14(11)23-2)21-16-15-12(19-8-20-16)5-9(17)6-13(15)22;1-2-4-6-5-3-1;1-2/h3-8,22H,1H2,2H3,(H,19,20,21);6H,1-5H2;1-2H3. The number of thioether (sulfide) groups is 1. The lowest BCUT2D eigenvalue weighted by atomic mass is 10.2. The van der Waals surface area contributed by atoms with Crippen LogP contribution in [0.25, 0.3) is 10.9 Å². The molecule has 8 heteroatoms. The highest BCUT2D eigenvalue weighted by Crippen LogP contribution is 2.35. The molecule has 31 heavy (non-hydrogen) atoms. The third kappa shape index (κ3) is 7.19. The molecular formula is C23H30BrN5OS. The molecule has 2 aromatic carbocycles. The Bertz CT molecular complexity index is 984. The maximum atomic E-state index is 10.2. The van der Waals surface area contributed by atoms with E-state index in [4.69, 9.17) is 0 Å². The van der Waals surface area contributed by atoms with Crippen molar-refractivity contribution in [3.8, 4) is 5.75 Å². The Morgan fingerprint density at radius 1 is 1.13 bits per heavy atom. The van der Waals surface area contributed by atoms with E-state index in [1.807, 2.05) is 44.4 Å². The van der Waals surface area contributed by atoms with Gasteiger partial charge in [-0.15, -0.1) is 11.8 Å². The van der Waals surface area contributed by atoms with Crippen molar-refractivity contribution in [3.05, 3.63) is 41.1 Å². The Morgan fingerprint density at radius 2 is 1.87 bits per heavy atom. The van der Waals surface area contributed by atoms with Gasteiger partial charge in [0.15, 0.2) is 0 Å². The second-order valence-electron chi connectivity index (χ2n) is 6.52. The average molecular weight is 504 g/mol. The Labute approximate surface area is 197 Å². The highest BCUT2D eigenvalue weighted by Gasteiger charge is 2.11. The highest BCUT2D eigenvalue weighted by molar-refractivity contribution is 9.10. The monoisotopic (exact) mass is 503 g/mol. The number of aliphatic imine (C=N–C) groups is 1. The smallest absolute Gasteiger partial charge is 0.145 e. The van der Waals surface area contributed by atoms with Crippen molar-refractivity contribution in [2.75, 3.05) is 24.7 Å². The second kappa shape index (κ2) is 13.3. The summed E-state index contributed by atoms with van der Waals surface area (Å²) in [4.78, 5) is 13.5. The number of piperidine rings is 1. The van der Waals surface area contributed by atoms with Crippen molar-refractivity contribution in [2.24, 2.45) is 4.99 Å². The number of aromatic hydroxyl groups is 1. The van der Waals surface area contributed by atoms with Crippen LogP contribution in [0.4, 0.5) is 17.2 Å². The minimum absolute atomic E-state index is 0.118. The molecule has 0 atom stereocenters. The molecule has 1 saturated heterocycles. The highest BCUT2D eigenvalue weighted by atomic mass is 79.9. The summed E-state index contributed by atoms with van der Waals surface area (Å²) in [5, 5.41) is 17.3. The lowest BCUT2D eigenvalue weighted by molar-refractivity contribution is 0.481. The maximum Gasteiger partial charge on any atom is 0.145 e. The van der Waals surface area contributed by atoms with E-state index >= 15 is 0 Å². The zero-order valence-electron chi connectivity index (χ0n) is 18.3. The van der Waals surface area contributed by atoms with Crippen LogP contribution in [0.2, 0.25) is 0 Å². The summed E-state index contributed by atoms with van der Waals surface area (Å²) in [6.07, 6.45) is 7.66. The molecule has 166 valence electrons. The third-order valence-corrected chi connectivity index (χ3v) is 5.73. The van der Waals surface area contributed by atoms with Crippen LogP contribution in [-0.4, -0.2) is 41.1 Å². The summed E-state index contributed by atoms with van der Waals surface area (Å²) in [5.74, 6) is 0.665. The number of hydrogen-bond donors (Lipinski definition) is 3. The molecule has 1 aliphatic heterocycles. The van der Waals surface area contributed by atoms with Gasteiger partial charge in [-0.1, -0.05) is 36.2 Å². The van der Waals surface area contributed by atoms with Crippen LogP contribution < -0.4 is 10.6 Å². The van der Waals surface area contributed by atoms with Crippen molar-refractivity contribution in [3.63, 3.8) is 0 Å². The first kappa shape index (κ1) is 25.1. The number of fused-ring (bicyclic) bond motifs is 1. The molecule has 0 unspecified atom stereocenters. The number of hydrogen-bond acceptors (Lipinski definition) is 7. The first-order valence-electron chi connectivity index (χ1n) is 10.4. The summed E-state index contributed by atoms with van der Waals surface area (Å²) in [6, 6.07) is 9.21. The minimum atomic E-state index is 0.118. The fourth-order valence-electron chi connectivity index (χ4n) is 3.06. The predicted molar refractivity (Wildman–Crippen MR) is 138 cm³/mol. The van der Waals surface area contributed by atoms with Crippen LogP contribution >= 0.6 is 27.7 Å². The normalized spacial score (nSPS) is 12.8. The molecule has 0 spiro atoms. The molecule has 0 radical (unpaired) electrons.